The summed E-state index contributed by atoms with van der Waals surface area (Å²) in [7, 11) is 0. The van der Waals surface area contributed by atoms with Gasteiger partial charge in [-0.1, -0.05) is 24.3 Å². The Morgan fingerprint density at radius 1 is 0.923 bits per heavy atom. The minimum atomic E-state index is 0.530. The summed E-state index contributed by atoms with van der Waals surface area (Å²) >= 11 is 0. The minimum Gasteiger partial charge on any atom is -0.370 e. The first kappa shape index (κ1) is 16.8. The van der Waals surface area contributed by atoms with Crippen LogP contribution in [0.4, 0.5) is 5.69 Å². The van der Waals surface area contributed by atoms with E-state index >= 15 is 0 Å². The van der Waals surface area contributed by atoms with Gasteiger partial charge in [0.05, 0.1) is 6.54 Å². The second-order valence-corrected chi connectivity index (χ2v) is 6.94. The van der Waals surface area contributed by atoms with Crippen molar-refractivity contribution >= 4 is 5.69 Å². The third kappa shape index (κ3) is 4.29. The molecule has 0 unspecified atom stereocenters. The summed E-state index contributed by atoms with van der Waals surface area (Å²) < 4.78 is 0. The Balaban J connectivity index is 1.52. The molecular weight excluding hydrogens is 322 g/mol. The van der Waals surface area contributed by atoms with E-state index in [-0.39, 0.29) is 0 Å². The number of imidazole rings is 1. The van der Waals surface area contributed by atoms with E-state index in [1.807, 2.05) is 24.7 Å². The highest BCUT2D eigenvalue weighted by molar-refractivity contribution is 5.46. The number of pyridine rings is 1. The van der Waals surface area contributed by atoms with Gasteiger partial charge in [-0.05, 0) is 36.6 Å². The highest BCUT2D eigenvalue weighted by atomic mass is 15.2. The Kier molecular flexibility index (Phi) is 5.26. The van der Waals surface area contributed by atoms with Crippen LogP contribution in [-0.4, -0.2) is 46.0 Å². The second kappa shape index (κ2) is 8.15. The summed E-state index contributed by atoms with van der Waals surface area (Å²) in [4.78, 5) is 17.2. The number of para-hydroxylation sites is 1. The zero-order valence-electron chi connectivity index (χ0n) is 15.0. The first-order valence-corrected chi connectivity index (χ1v) is 9.27. The van der Waals surface area contributed by atoms with Crippen LogP contribution in [0.1, 0.15) is 11.5 Å². The quantitative estimate of drug-likeness (QED) is 0.771. The first-order valence-electron chi connectivity index (χ1n) is 9.27. The smallest absolute Gasteiger partial charge is 0.120 e. The zero-order valence-corrected chi connectivity index (χ0v) is 15.0. The van der Waals surface area contributed by atoms with E-state index in [0.29, 0.717) is 5.92 Å². The highest BCUT2D eigenvalue weighted by Crippen LogP contribution is 2.21. The van der Waals surface area contributed by atoms with Crippen molar-refractivity contribution in [1.29, 1.82) is 0 Å². The summed E-state index contributed by atoms with van der Waals surface area (Å²) in [6.07, 6.45) is 6.62. The SMILES string of the molecule is c1ccc(N2CCN(Cc3ncc[nH]3)C[C@@H](Cc3ccccn3)C2)cc1. The monoisotopic (exact) mass is 347 g/mol. The molecule has 1 saturated heterocycles. The summed E-state index contributed by atoms with van der Waals surface area (Å²) in [5.41, 5.74) is 2.48. The maximum atomic E-state index is 4.55. The van der Waals surface area contributed by atoms with Gasteiger partial charge in [-0.2, -0.15) is 0 Å². The first-order chi connectivity index (χ1) is 12.9. The summed E-state index contributed by atoms with van der Waals surface area (Å²) in [6, 6.07) is 16.9. The molecule has 0 aliphatic carbocycles. The topological polar surface area (TPSA) is 48.0 Å². The molecule has 5 nitrogen and oxygen atoms in total. The van der Waals surface area contributed by atoms with Crippen LogP contribution in [0.2, 0.25) is 0 Å². The molecule has 1 N–H and O–H groups in total. The van der Waals surface area contributed by atoms with Crippen LogP contribution in [0.15, 0.2) is 67.1 Å². The Labute approximate surface area is 154 Å². The Hall–Kier alpha value is -2.66. The van der Waals surface area contributed by atoms with E-state index in [2.05, 4.69) is 67.2 Å². The largest absolute Gasteiger partial charge is 0.370 e. The van der Waals surface area contributed by atoms with E-state index in [9.17, 15) is 0 Å². The number of rotatable bonds is 5. The molecule has 4 rings (SSSR count). The fourth-order valence-corrected chi connectivity index (χ4v) is 3.74. The van der Waals surface area contributed by atoms with Crippen LogP contribution in [0.25, 0.3) is 0 Å². The summed E-state index contributed by atoms with van der Waals surface area (Å²) in [5, 5.41) is 0. The molecule has 26 heavy (non-hydrogen) atoms. The molecule has 1 aromatic carbocycles. The maximum absolute atomic E-state index is 4.55. The van der Waals surface area contributed by atoms with Crippen LogP contribution in [0.5, 0.6) is 0 Å². The normalized spacial score (nSPS) is 18.6. The Morgan fingerprint density at radius 2 is 1.81 bits per heavy atom. The van der Waals surface area contributed by atoms with E-state index < -0.39 is 0 Å². The summed E-state index contributed by atoms with van der Waals surface area (Å²) in [6.45, 7) is 5.04. The van der Waals surface area contributed by atoms with E-state index in [1.54, 1.807) is 0 Å². The lowest BCUT2D eigenvalue weighted by molar-refractivity contribution is 0.243. The highest BCUT2D eigenvalue weighted by Gasteiger charge is 2.24. The number of nitrogens with one attached hydrogen (secondary N) is 1. The lowest BCUT2D eigenvalue weighted by Gasteiger charge is -2.26. The number of H-pyrrole nitrogens is 1. The third-order valence-corrected chi connectivity index (χ3v) is 4.95. The number of hydrogen-bond acceptors (Lipinski definition) is 4. The number of benzene rings is 1. The molecule has 0 saturated carbocycles. The predicted octanol–water partition coefficient (Wildman–Crippen LogP) is 2.99. The van der Waals surface area contributed by atoms with Crippen LogP contribution in [0.3, 0.4) is 0 Å². The molecule has 1 aliphatic rings. The van der Waals surface area contributed by atoms with E-state index in [4.69, 9.17) is 0 Å². The Bertz CT molecular complexity index is 773. The number of aromatic amines is 1. The molecule has 0 bridgehead atoms. The molecule has 3 heterocycles. The zero-order chi connectivity index (χ0) is 17.6. The average Bonchev–Trinajstić information content (AvgIpc) is 3.11. The minimum absolute atomic E-state index is 0.530. The van der Waals surface area contributed by atoms with Crippen LogP contribution >= 0.6 is 0 Å². The van der Waals surface area contributed by atoms with Gasteiger partial charge in [0.15, 0.2) is 0 Å². The standard InChI is InChI=1S/C21H25N5/c1-2-7-20(8-3-1)26-13-12-25(17-21-23-10-11-24-21)15-18(16-26)14-19-6-4-5-9-22-19/h1-11,18H,12-17H2,(H,23,24)/t18-/m1/s1. The molecule has 5 heteroatoms. The van der Waals surface area contributed by atoms with Crippen LogP contribution in [0, 0.1) is 5.92 Å². The number of nitrogens with zero attached hydrogens (tertiary/aromatic N) is 4. The second-order valence-electron chi connectivity index (χ2n) is 6.94. The average molecular weight is 347 g/mol. The maximum Gasteiger partial charge on any atom is 0.120 e. The van der Waals surface area contributed by atoms with Gasteiger partial charge in [-0.3, -0.25) is 9.88 Å². The summed E-state index contributed by atoms with van der Waals surface area (Å²) in [5.74, 6) is 1.57. The molecule has 3 aromatic rings. The van der Waals surface area contributed by atoms with Crippen molar-refractivity contribution in [2.75, 3.05) is 31.1 Å². The van der Waals surface area contributed by atoms with Gasteiger partial charge in [0.1, 0.15) is 5.82 Å². The van der Waals surface area contributed by atoms with Crippen molar-refractivity contribution in [2.24, 2.45) is 5.92 Å². The van der Waals surface area contributed by atoms with Crippen molar-refractivity contribution in [3.63, 3.8) is 0 Å². The van der Waals surface area contributed by atoms with Gasteiger partial charge in [0.2, 0.25) is 0 Å². The fraction of sp³-hybridized carbons (Fsp3) is 0.333. The predicted molar refractivity (Wildman–Crippen MR) is 104 cm³/mol. The molecule has 134 valence electrons. The third-order valence-electron chi connectivity index (χ3n) is 4.95. The van der Waals surface area contributed by atoms with Gasteiger partial charge in [0.25, 0.3) is 0 Å². The Morgan fingerprint density at radius 3 is 2.58 bits per heavy atom. The van der Waals surface area contributed by atoms with Crippen LogP contribution in [-0.2, 0) is 13.0 Å². The van der Waals surface area contributed by atoms with Crippen molar-refractivity contribution in [3.8, 4) is 0 Å². The van der Waals surface area contributed by atoms with Gasteiger partial charge in [-0.25, -0.2) is 4.98 Å². The van der Waals surface area contributed by atoms with Gasteiger partial charge < -0.3 is 9.88 Å². The van der Waals surface area contributed by atoms with E-state index in [1.165, 1.54) is 11.4 Å². The molecule has 1 atom stereocenters. The lowest BCUT2D eigenvalue weighted by atomic mass is 10.0. The van der Waals surface area contributed by atoms with Gasteiger partial charge in [0, 0.05) is 56.2 Å². The lowest BCUT2D eigenvalue weighted by Crippen LogP contribution is -2.31. The van der Waals surface area contributed by atoms with Crippen molar-refractivity contribution in [2.45, 2.75) is 13.0 Å². The fourth-order valence-electron chi connectivity index (χ4n) is 3.74. The number of hydrogen-bond donors (Lipinski definition) is 1. The van der Waals surface area contributed by atoms with Crippen molar-refractivity contribution in [3.05, 3.63) is 78.6 Å². The molecule has 2 aromatic heterocycles. The van der Waals surface area contributed by atoms with Gasteiger partial charge >= 0.3 is 0 Å². The van der Waals surface area contributed by atoms with Crippen LogP contribution < -0.4 is 4.90 Å². The number of aromatic nitrogens is 3. The van der Waals surface area contributed by atoms with Crippen molar-refractivity contribution < 1.29 is 0 Å². The molecule has 0 radical (unpaired) electrons. The molecular formula is C21H25N5. The molecule has 1 fully saturated rings. The molecule has 1 aliphatic heterocycles. The molecule has 0 spiro atoms. The van der Waals surface area contributed by atoms with E-state index in [0.717, 1.165) is 45.0 Å². The molecule has 0 amide bonds. The van der Waals surface area contributed by atoms with Crippen molar-refractivity contribution in [1.82, 2.24) is 19.9 Å². The number of anilines is 1. The van der Waals surface area contributed by atoms with Gasteiger partial charge in [-0.15, -0.1) is 0 Å².